The number of aromatic nitrogens is 1. The van der Waals surface area contributed by atoms with E-state index in [9.17, 15) is 0 Å². The molecule has 0 bridgehead atoms. The number of nitrogens with one attached hydrogen (secondary N) is 1. The van der Waals surface area contributed by atoms with Crippen LogP contribution in [-0.4, -0.2) is 24.6 Å². The second kappa shape index (κ2) is 7.88. The highest BCUT2D eigenvalue weighted by atomic mass is 15.2. The third-order valence-corrected chi connectivity index (χ3v) is 2.98. The zero-order valence-corrected chi connectivity index (χ0v) is 11.9. The van der Waals surface area contributed by atoms with E-state index in [1.807, 2.05) is 6.08 Å². The lowest BCUT2D eigenvalue weighted by molar-refractivity contribution is 0.670. The van der Waals surface area contributed by atoms with E-state index in [0.717, 1.165) is 44.1 Å². The number of anilines is 1. The molecule has 0 saturated carbocycles. The first-order chi connectivity index (χ1) is 8.72. The minimum atomic E-state index is 0.844. The molecule has 0 saturated heterocycles. The fourth-order valence-electron chi connectivity index (χ4n) is 1.88. The van der Waals surface area contributed by atoms with Crippen molar-refractivity contribution in [2.75, 3.05) is 24.5 Å². The molecule has 1 aromatic heterocycles. The summed E-state index contributed by atoms with van der Waals surface area (Å²) in [4.78, 5) is 6.89. The van der Waals surface area contributed by atoms with E-state index in [1.165, 1.54) is 5.56 Å². The van der Waals surface area contributed by atoms with Crippen LogP contribution in [0.3, 0.4) is 0 Å². The number of rotatable bonds is 8. The van der Waals surface area contributed by atoms with Crippen LogP contribution in [0.4, 0.5) is 5.82 Å². The van der Waals surface area contributed by atoms with Gasteiger partial charge in [-0.3, -0.25) is 0 Å². The van der Waals surface area contributed by atoms with Gasteiger partial charge in [0.25, 0.3) is 0 Å². The molecule has 0 aliphatic heterocycles. The highest BCUT2D eigenvalue weighted by Gasteiger charge is 2.06. The summed E-state index contributed by atoms with van der Waals surface area (Å²) in [5, 5.41) is 3.41. The quantitative estimate of drug-likeness (QED) is 0.565. The van der Waals surface area contributed by atoms with Gasteiger partial charge >= 0.3 is 0 Å². The molecule has 0 amide bonds. The van der Waals surface area contributed by atoms with E-state index in [0.29, 0.717) is 0 Å². The molecule has 1 N–H and O–H groups in total. The van der Waals surface area contributed by atoms with Gasteiger partial charge in [0.1, 0.15) is 5.82 Å². The Labute approximate surface area is 111 Å². The Hall–Kier alpha value is -1.35. The van der Waals surface area contributed by atoms with E-state index < -0.39 is 0 Å². The van der Waals surface area contributed by atoms with Crippen molar-refractivity contribution in [3.05, 3.63) is 36.0 Å². The SMILES string of the molecule is C=CCN(CC)c1ccc(CNCCC)c(C)n1. The van der Waals surface area contributed by atoms with Gasteiger partial charge in [0.05, 0.1) is 0 Å². The largest absolute Gasteiger partial charge is 0.353 e. The molecule has 0 spiro atoms. The van der Waals surface area contributed by atoms with Crippen LogP contribution in [0.15, 0.2) is 24.8 Å². The minimum absolute atomic E-state index is 0.844. The molecule has 3 nitrogen and oxygen atoms in total. The van der Waals surface area contributed by atoms with E-state index in [4.69, 9.17) is 0 Å². The minimum Gasteiger partial charge on any atom is -0.353 e. The molecular weight excluding hydrogens is 222 g/mol. The smallest absolute Gasteiger partial charge is 0.129 e. The molecule has 0 aromatic carbocycles. The van der Waals surface area contributed by atoms with Crippen molar-refractivity contribution >= 4 is 5.82 Å². The molecular formula is C15H25N3. The summed E-state index contributed by atoms with van der Waals surface area (Å²) in [5.74, 6) is 1.04. The maximum atomic E-state index is 4.68. The van der Waals surface area contributed by atoms with Gasteiger partial charge < -0.3 is 10.2 Å². The molecule has 0 unspecified atom stereocenters. The molecule has 18 heavy (non-hydrogen) atoms. The molecule has 0 radical (unpaired) electrons. The summed E-state index contributed by atoms with van der Waals surface area (Å²) in [6, 6.07) is 4.27. The summed E-state index contributed by atoms with van der Waals surface area (Å²) >= 11 is 0. The van der Waals surface area contributed by atoms with Crippen molar-refractivity contribution in [3.63, 3.8) is 0 Å². The molecule has 0 fully saturated rings. The van der Waals surface area contributed by atoms with Gasteiger partial charge in [-0.25, -0.2) is 4.98 Å². The van der Waals surface area contributed by atoms with Gasteiger partial charge in [-0.05, 0) is 38.4 Å². The molecule has 100 valence electrons. The van der Waals surface area contributed by atoms with Crippen LogP contribution in [0.1, 0.15) is 31.5 Å². The van der Waals surface area contributed by atoms with Gasteiger partial charge in [0.2, 0.25) is 0 Å². The Balaban J connectivity index is 2.74. The summed E-state index contributed by atoms with van der Waals surface area (Å²) in [6.45, 7) is 13.9. The summed E-state index contributed by atoms with van der Waals surface area (Å²) < 4.78 is 0. The maximum Gasteiger partial charge on any atom is 0.129 e. The monoisotopic (exact) mass is 247 g/mol. The number of aryl methyl sites for hydroxylation is 1. The first-order valence-electron chi connectivity index (χ1n) is 6.76. The number of nitrogens with zero attached hydrogens (tertiary/aromatic N) is 2. The van der Waals surface area contributed by atoms with Crippen molar-refractivity contribution < 1.29 is 0 Å². The predicted molar refractivity (Wildman–Crippen MR) is 79.1 cm³/mol. The van der Waals surface area contributed by atoms with Crippen molar-refractivity contribution in [2.24, 2.45) is 0 Å². The number of hydrogen-bond acceptors (Lipinski definition) is 3. The zero-order chi connectivity index (χ0) is 13.4. The van der Waals surface area contributed by atoms with Gasteiger partial charge in [0, 0.05) is 25.3 Å². The lowest BCUT2D eigenvalue weighted by atomic mass is 10.2. The lowest BCUT2D eigenvalue weighted by Gasteiger charge is -2.21. The van der Waals surface area contributed by atoms with Gasteiger partial charge in [-0.15, -0.1) is 6.58 Å². The first kappa shape index (κ1) is 14.7. The van der Waals surface area contributed by atoms with Crippen LogP contribution in [0.2, 0.25) is 0 Å². The van der Waals surface area contributed by atoms with E-state index in [2.05, 4.69) is 54.7 Å². The number of pyridine rings is 1. The normalized spacial score (nSPS) is 10.4. The molecule has 0 aliphatic carbocycles. The Bertz CT molecular complexity index is 374. The first-order valence-corrected chi connectivity index (χ1v) is 6.76. The highest BCUT2D eigenvalue weighted by Crippen LogP contribution is 2.14. The number of likely N-dealkylation sites (N-methyl/N-ethyl adjacent to an activating group) is 1. The predicted octanol–water partition coefficient (Wildman–Crippen LogP) is 2.90. The Morgan fingerprint density at radius 3 is 2.72 bits per heavy atom. The standard InChI is InChI=1S/C15H25N3/c1-5-10-16-12-14-8-9-15(17-13(14)4)18(7-3)11-6-2/h6,8-9,16H,2,5,7,10-12H2,1,3-4H3. The van der Waals surface area contributed by atoms with Gasteiger partial charge in [0.15, 0.2) is 0 Å². The average molecular weight is 247 g/mol. The van der Waals surface area contributed by atoms with Crippen LogP contribution in [0.25, 0.3) is 0 Å². The number of hydrogen-bond donors (Lipinski definition) is 1. The molecule has 0 aliphatic rings. The third kappa shape index (κ3) is 4.15. The lowest BCUT2D eigenvalue weighted by Crippen LogP contribution is -2.24. The molecule has 3 heteroatoms. The third-order valence-electron chi connectivity index (χ3n) is 2.98. The second-order valence-electron chi connectivity index (χ2n) is 4.42. The molecule has 1 rings (SSSR count). The Morgan fingerprint density at radius 1 is 1.39 bits per heavy atom. The topological polar surface area (TPSA) is 28.2 Å². The average Bonchev–Trinajstić information content (AvgIpc) is 2.38. The summed E-state index contributed by atoms with van der Waals surface area (Å²) in [5.41, 5.74) is 2.39. The molecule has 0 atom stereocenters. The van der Waals surface area contributed by atoms with Crippen molar-refractivity contribution in [1.29, 1.82) is 0 Å². The second-order valence-corrected chi connectivity index (χ2v) is 4.42. The fourth-order valence-corrected chi connectivity index (χ4v) is 1.88. The van der Waals surface area contributed by atoms with Gasteiger partial charge in [-0.2, -0.15) is 0 Å². The zero-order valence-electron chi connectivity index (χ0n) is 11.9. The summed E-state index contributed by atoms with van der Waals surface area (Å²) in [6.07, 6.45) is 3.07. The van der Waals surface area contributed by atoms with Crippen LogP contribution >= 0.6 is 0 Å². The Kier molecular flexibility index (Phi) is 6.44. The molecule has 1 heterocycles. The highest BCUT2D eigenvalue weighted by molar-refractivity contribution is 5.42. The molecule has 1 aromatic rings. The van der Waals surface area contributed by atoms with Crippen molar-refractivity contribution in [3.8, 4) is 0 Å². The van der Waals surface area contributed by atoms with Crippen molar-refractivity contribution in [1.82, 2.24) is 10.3 Å². The van der Waals surface area contributed by atoms with E-state index >= 15 is 0 Å². The van der Waals surface area contributed by atoms with Crippen LogP contribution in [-0.2, 0) is 6.54 Å². The fraction of sp³-hybridized carbons (Fsp3) is 0.533. The Morgan fingerprint density at radius 2 is 2.17 bits per heavy atom. The maximum absolute atomic E-state index is 4.68. The van der Waals surface area contributed by atoms with E-state index in [1.54, 1.807) is 0 Å². The van der Waals surface area contributed by atoms with Crippen molar-refractivity contribution in [2.45, 2.75) is 33.7 Å². The van der Waals surface area contributed by atoms with E-state index in [-0.39, 0.29) is 0 Å². The van der Waals surface area contributed by atoms with Gasteiger partial charge in [-0.1, -0.05) is 19.1 Å². The van der Waals surface area contributed by atoms with Crippen LogP contribution in [0, 0.1) is 6.92 Å². The van der Waals surface area contributed by atoms with Crippen LogP contribution < -0.4 is 10.2 Å². The summed E-state index contributed by atoms with van der Waals surface area (Å²) in [7, 11) is 0. The van der Waals surface area contributed by atoms with Crippen LogP contribution in [0.5, 0.6) is 0 Å².